The first-order valence-electron chi connectivity index (χ1n) is 7.04. The zero-order chi connectivity index (χ0) is 15.2. The van der Waals surface area contributed by atoms with Crippen molar-refractivity contribution in [2.75, 3.05) is 4.72 Å². The molecule has 8 heteroatoms. The standard InChI is InChI=1S/C14H14N4O3S/c19-22(20,13-8-18-7-2-1-6-12(18)16-13)17-10-4-3-5-11-14(10)15-9-21-11/h3-5,8-9,17H,1-2,6-7H2. The maximum atomic E-state index is 12.5. The number of fused-ring (bicyclic) bond motifs is 2. The van der Waals surface area contributed by atoms with Crippen molar-refractivity contribution >= 4 is 26.8 Å². The average Bonchev–Trinajstić information content (AvgIpc) is 3.14. The second kappa shape index (κ2) is 4.84. The zero-order valence-electron chi connectivity index (χ0n) is 11.7. The highest BCUT2D eigenvalue weighted by molar-refractivity contribution is 7.92. The highest BCUT2D eigenvalue weighted by atomic mass is 32.2. The predicted molar refractivity (Wildman–Crippen MR) is 80.0 cm³/mol. The Bertz CT molecular complexity index is 919. The van der Waals surface area contributed by atoms with E-state index in [1.54, 1.807) is 24.4 Å². The number of imidazole rings is 1. The van der Waals surface area contributed by atoms with E-state index in [0.29, 0.717) is 16.8 Å². The first-order chi connectivity index (χ1) is 10.6. The summed E-state index contributed by atoms with van der Waals surface area (Å²) < 4.78 is 34.7. The Morgan fingerprint density at radius 3 is 3.05 bits per heavy atom. The van der Waals surface area contributed by atoms with Gasteiger partial charge >= 0.3 is 0 Å². The van der Waals surface area contributed by atoms with Crippen molar-refractivity contribution in [3.05, 3.63) is 36.6 Å². The fourth-order valence-corrected chi connectivity index (χ4v) is 3.73. The van der Waals surface area contributed by atoms with Crippen molar-refractivity contribution in [1.29, 1.82) is 0 Å². The SMILES string of the molecule is O=S(=O)(Nc1cccc2ocnc12)c1cn2c(n1)CCCC2. The molecular formula is C14H14N4O3S. The summed E-state index contributed by atoms with van der Waals surface area (Å²) >= 11 is 0. The summed E-state index contributed by atoms with van der Waals surface area (Å²) in [7, 11) is -3.74. The van der Waals surface area contributed by atoms with E-state index in [2.05, 4.69) is 14.7 Å². The fourth-order valence-electron chi connectivity index (χ4n) is 2.68. The molecular weight excluding hydrogens is 304 g/mol. The van der Waals surface area contributed by atoms with Crippen LogP contribution in [0.5, 0.6) is 0 Å². The van der Waals surface area contributed by atoms with E-state index in [-0.39, 0.29) is 5.03 Å². The van der Waals surface area contributed by atoms with Gasteiger partial charge in [-0.3, -0.25) is 4.72 Å². The number of para-hydroxylation sites is 1. The van der Waals surface area contributed by atoms with Crippen LogP contribution in [-0.2, 0) is 23.0 Å². The molecule has 0 spiro atoms. The average molecular weight is 318 g/mol. The molecule has 114 valence electrons. The van der Waals surface area contributed by atoms with Crippen LogP contribution >= 0.6 is 0 Å². The lowest BCUT2D eigenvalue weighted by atomic mass is 10.2. The third-order valence-electron chi connectivity index (χ3n) is 3.77. The number of aryl methyl sites for hydroxylation is 2. The van der Waals surface area contributed by atoms with Crippen molar-refractivity contribution in [1.82, 2.24) is 14.5 Å². The molecule has 7 nitrogen and oxygen atoms in total. The normalized spacial score (nSPS) is 14.9. The van der Waals surface area contributed by atoms with Gasteiger partial charge in [-0.05, 0) is 25.0 Å². The van der Waals surface area contributed by atoms with Crippen LogP contribution in [0.1, 0.15) is 18.7 Å². The van der Waals surface area contributed by atoms with Crippen LogP contribution in [0.15, 0.2) is 40.2 Å². The Labute approximate surface area is 127 Å². The lowest BCUT2D eigenvalue weighted by Crippen LogP contribution is -2.13. The second-order valence-corrected chi connectivity index (χ2v) is 6.89. The van der Waals surface area contributed by atoms with Gasteiger partial charge in [0, 0.05) is 19.2 Å². The molecule has 0 aliphatic carbocycles. The largest absolute Gasteiger partial charge is 0.443 e. The van der Waals surface area contributed by atoms with Crippen LogP contribution in [-0.4, -0.2) is 23.0 Å². The molecule has 1 aliphatic rings. The maximum absolute atomic E-state index is 12.5. The van der Waals surface area contributed by atoms with Gasteiger partial charge in [0.1, 0.15) is 11.3 Å². The Balaban J connectivity index is 1.72. The molecule has 0 bridgehead atoms. The third kappa shape index (κ3) is 2.16. The quantitative estimate of drug-likeness (QED) is 0.799. The van der Waals surface area contributed by atoms with Crippen LogP contribution in [0, 0.1) is 0 Å². The van der Waals surface area contributed by atoms with Crippen LogP contribution in [0.2, 0.25) is 0 Å². The molecule has 0 unspecified atom stereocenters. The molecule has 1 N–H and O–H groups in total. The molecule has 0 saturated heterocycles. The van der Waals surface area contributed by atoms with E-state index in [1.807, 2.05) is 4.57 Å². The van der Waals surface area contributed by atoms with Crippen molar-refractivity contribution in [3.8, 4) is 0 Å². The number of sulfonamides is 1. The lowest BCUT2D eigenvalue weighted by Gasteiger charge is -2.11. The molecule has 0 saturated carbocycles. The first-order valence-corrected chi connectivity index (χ1v) is 8.53. The topological polar surface area (TPSA) is 90.0 Å². The van der Waals surface area contributed by atoms with Gasteiger partial charge in [-0.1, -0.05) is 6.07 Å². The van der Waals surface area contributed by atoms with Crippen LogP contribution in [0.4, 0.5) is 5.69 Å². The molecule has 0 radical (unpaired) electrons. The van der Waals surface area contributed by atoms with Crippen molar-refractivity contribution in [3.63, 3.8) is 0 Å². The summed E-state index contributed by atoms with van der Waals surface area (Å²) in [6.07, 6.45) is 5.79. The minimum absolute atomic E-state index is 0.0462. The summed E-state index contributed by atoms with van der Waals surface area (Å²) in [5, 5.41) is 0.0462. The highest BCUT2D eigenvalue weighted by Crippen LogP contribution is 2.25. The van der Waals surface area contributed by atoms with Gasteiger partial charge in [-0.15, -0.1) is 0 Å². The first kappa shape index (κ1) is 13.3. The number of nitrogens with one attached hydrogen (secondary N) is 1. The van der Waals surface area contributed by atoms with Crippen LogP contribution < -0.4 is 4.72 Å². The van der Waals surface area contributed by atoms with Crippen LogP contribution in [0.3, 0.4) is 0 Å². The summed E-state index contributed by atoms with van der Waals surface area (Å²) in [6, 6.07) is 5.09. The Morgan fingerprint density at radius 1 is 1.27 bits per heavy atom. The monoisotopic (exact) mass is 318 g/mol. The number of aromatic nitrogens is 3. The summed E-state index contributed by atoms with van der Waals surface area (Å²) in [5.41, 5.74) is 1.40. The third-order valence-corrected chi connectivity index (χ3v) is 5.00. The highest BCUT2D eigenvalue weighted by Gasteiger charge is 2.23. The van der Waals surface area contributed by atoms with Gasteiger partial charge in [0.15, 0.2) is 17.0 Å². The summed E-state index contributed by atoms with van der Waals surface area (Å²) in [4.78, 5) is 8.30. The Kier molecular flexibility index (Phi) is 2.93. The molecule has 4 rings (SSSR count). The number of anilines is 1. The van der Waals surface area contributed by atoms with Gasteiger partial charge in [0.05, 0.1) is 5.69 Å². The molecule has 0 amide bonds. The van der Waals surface area contributed by atoms with Gasteiger partial charge < -0.3 is 8.98 Å². The number of nitrogens with zero attached hydrogens (tertiary/aromatic N) is 3. The molecule has 3 aromatic rings. The van der Waals surface area contributed by atoms with Gasteiger partial charge in [-0.25, -0.2) is 9.97 Å². The molecule has 22 heavy (non-hydrogen) atoms. The number of oxazole rings is 1. The predicted octanol–water partition coefficient (Wildman–Crippen LogP) is 2.16. The summed E-state index contributed by atoms with van der Waals surface area (Å²) in [5.74, 6) is 0.825. The number of hydrogen-bond acceptors (Lipinski definition) is 5. The smallest absolute Gasteiger partial charge is 0.281 e. The van der Waals surface area contributed by atoms with Crippen molar-refractivity contribution < 1.29 is 12.8 Å². The van der Waals surface area contributed by atoms with Crippen molar-refractivity contribution in [2.45, 2.75) is 30.8 Å². The van der Waals surface area contributed by atoms with E-state index in [9.17, 15) is 8.42 Å². The van der Waals surface area contributed by atoms with E-state index in [1.165, 1.54) is 6.39 Å². The fraction of sp³-hybridized carbons (Fsp3) is 0.286. The van der Waals surface area contributed by atoms with Gasteiger partial charge in [0.2, 0.25) is 0 Å². The molecule has 1 aliphatic heterocycles. The maximum Gasteiger partial charge on any atom is 0.281 e. The van der Waals surface area contributed by atoms with E-state index in [0.717, 1.165) is 31.6 Å². The minimum Gasteiger partial charge on any atom is -0.443 e. The molecule has 0 atom stereocenters. The molecule has 0 fully saturated rings. The van der Waals surface area contributed by atoms with Gasteiger partial charge in [0.25, 0.3) is 10.0 Å². The lowest BCUT2D eigenvalue weighted by molar-refractivity contribution is 0.522. The zero-order valence-corrected chi connectivity index (χ0v) is 12.5. The number of hydrogen-bond donors (Lipinski definition) is 1. The Morgan fingerprint density at radius 2 is 2.18 bits per heavy atom. The van der Waals surface area contributed by atoms with Crippen molar-refractivity contribution in [2.24, 2.45) is 0 Å². The van der Waals surface area contributed by atoms with Gasteiger partial charge in [-0.2, -0.15) is 8.42 Å². The number of benzene rings is 1. The van der Waals surface area contributed by atoms with E-state index >= 15 is 0 Å². The second-order valence-electron chi connectivity index (χ2n) is 5.26. The van der Waals surface area contributed by atoms with E-state index in [4.69, 9.17) is 4.42 Å². The number of rotatable bonds is 3. The minimum atomic E-state index is -3.74. The molecule has 3 heterocycles. The molecule has 2 aromatic heterocycles. The summed E-state index contributed by atoms with van der Waals surface area (Å²) in [6.45, 7) is 0.816. The van der Waals surface area contributed by atoms with E-state index < -0.39 is 10.0 Å². The molecule has 1 aromatic carbocycles. The van der Waals surface area contributed by atoms with Crippen LogP contribution in [0.25, 0.3) is 11.1 Å². The Hall–Kier alpha value is -2.35.